The van der Waals surface area contributed by atoms with Crippen molar-refractivity contribution in [1.82, 2.24) is 4.90 Å². The summed E-state index contributed by atoms with van der Waals surface area (Å²) in [5.74, 6) is -2.16. The lowest BCUT2D eigenvalue weighted by Crippen LogP contribution is -2.39. The Kier molecular flexibility index (Phi) is 5.98. The van der Waals surface area contributed by atoms with Crippen LogP contribution in [0.15, 0.2) is 18.2 Å². The fraction of sp³-hybridized carbons (Fsp3) is 0.588. The number of ketones is 1. The Hall–Kier alpha value is -1.47. The van der Waals surface area contributed by atoms with Gasteiger partial charge in [0.2, 0.25) is 0 Å². The van der Waals surface area contributed by atoms with E-state index in [1.165, 1.54) is 6.07 Å². The zero-order valence-corrected chi connectivity index (χ0v) is 13.4. The summed E-state index contributed by atoms with van der Waals surface area (Å²) < 4.78 is 51.9. The number of aliphatic hydroxyl groups is 1. The molecule has 1 saturated heterocycles. The number of likely N-dealkylation sites (tertiary alicyclic amines) is 1. The van der Waals surface area contributed by atoms with Gasteiger partial charge in [0.15, 0.2) is 0 Å². The van der Waals surface area contributed by atoms with Gasteiger partial charge in [-0.05, 0) is 30.5 Å². The van der Waals surface area contributed by atoms with Gasteiger partial charge in [0.1, 0.15) is 11.6 Å². The van der Waals surface area contributed by atoms with Crippen molar-refractivity contribution in [1.29, 1.82) is 0 Å². The molecule has 0 amide bonds. The molecular weight excluding hydrogens is 326 g/mol. The highest BCUT2D eigenvalue weighted by Crippen LogP contribution is 2.33. The molecule has 0 radical (unpaired) electrons. The Morgan fingerprint density at radius 3 is 2.46 bits per heavy atom. The van der Waals surface area contributed by atoms with Crippen LogP contribution in [-0.4, -0.2) is 41.5 Å². The van der Waals surface area contributed by atoms with Crippen molar-refractivity contribution >= 4 is 5.78 Å². The van der Waals surface area contributed by atoms with Crippen LogP contribution in [0.3, 0.4) is 0 Å². The minimum Gasteiger partial charge on any atom is -0.393 e. The number of alkyl halides is 3. The average molecular weight is 347 g/mol. The normalized spacial score (nSPS) is 18.6. The highest BCUT2D eigenvalue weighted by atomic mass is 19.4. The van der Waals surface area contributed by atoms with Gasteiger partial charge < -0.3 is 10.0 Å². The molecule has 1 aromatic rings. The molecular formula is C17H21F4NO2. The van der Waals surface area contributed by atoms with E-state index in [1.54, 1.807) is 6.92 Å². The second kappa shape index (κ2) is 7.61. The number of hydrogen-bond acceptors (Lipinski definition) is 3. The van der Waals surface area contributed by atoms with E-state index in [1.807, 2.05) is 4.90 Å². The first-order valence-corrected chi connectivity index (χ1v) is 8.02. The Bertz CT molecular complexity index is 580. The molecule has 0 spiro atoms. The summed E-state index contributed by atoms with van der Waals surface area (Å²) in [5, 5.41) is 9.53. The number of carbonyl (C=O) groups is 1. The van der Waals surface area contributed by atoms with Crippen LogP contribution in [0.2, 0.25) is 0 Å². The molecule has 24 heavy (non-hydrogen) atoms. The fourth-order valence-electron chi connectivity index (χ4n) is 2.98. The zero-order chi connectivity index (χ0) is 17.9. The quantitative estimate of drug-likeness (QED) is 0.831. The first kappa shape index (κ1) is 18.9. The number of carbonyl (C=O) groups excluding carboxylic acids is 1. The molecule has 1 heterocycles. The number of nitrogens with zero attached hydrogens (tertiary/aromatic N) is 1. The summed E-state index contributed by atoms with van der Waals surface area (Å²) in [6.45, 7) is 3.22. The predicted octanol–water partition coefficient (Wildman–Crippen LogP) is 3.36. The molecule has 0 aromatic heterocycles. The third kappa shape index (κ3) is 4.54. The van der Waals surface area contributed by atoms with E-state index in [0.717, 1.165) is 6.07 Å². The minimum absolute atomic E-state index is 0.139. The SMILES string of the molecule is CCC(=O)C(CN1CCC(O)CC1)c1ccc(C(F)(F)F)c(F)c1. The van der Waals surface area contributed by atoms with Gasteiger partial charge in [0.05, 0.1) is 17.6 Å². The number of halogens is 4. The topological polar surface area (TPSA) is 40.5 Å². The molecule has 1 aliphatic rings. The summed E-state index contributed by atoms with van der Waals surface area (Å²) in [5.41, 5.74) is -1.06. The van der Waals surface area contributed by atoms with E-state index in [2.05, 4.69) is 0 Å². The molecule has 7 heteroatoms. The van der Waals surface area contributed by atoms with E-state index in [-0.39, 0.29) is 23.9 Å². The first-order chi connectivity index (χ1) is 11.2. The number of hydrogen-bond donors (Lipinski definition) is 1. The number of Topliss-reactive ketones (excluding diaryl/α,β-unsaturated/α-hetero) is 1. The predicted molar refractivity (Wildman–Crippen MR) is 81.1 cm³/mol. The molecule has 1 fully saturated rings. The van der Waals surface area contributed by atoms with E-state index in [4.69, 9.17) is 0 Å². The first-order valence-electron chi connectivity index (χ1n) is 8.02. The molecule has 0 aliphatic carbocycles. The number of benzene rings is 1. The average Bonchev–Trinajstić information content (AvgIpc) is 2.52. The van der Waals surface area contributed by atoms with Gasteiger partial charge in [0.25, 0.3) is 0 Å². The van der Waals surface area contributed by atoms with Gasteiger partial charge in [-0.25, -0.2) is 4.39 Å². The van der Waals surface area contributed by atoms with Gasteiger partial charge >= 0.3 is 6.18 Å². The molecule has 0 bridgehead atoms. The number of piperidine rings is 1. The van der Waals surface area contributed by atoms with E-state index < -0.39 is 23.5 Å². The molecule has 1 unspecified atom stereocenters. The fourth-order valence-corrected chi connectivity index (χ4v) is 2.98. The van der Waals surface area contributed by atoms with Crippen molar-refractivity contribution in [3.63, 3.8) is 0 Å². The number of rotatable bonds is 5. The van der Waals surface area contributed by atoms with Crippen LogP contribution in [0.25, 0.3) is 0 Å². The summed E-state index contributed by atoms with van der Waals surface area (Å²) in [6, 6.07) is 2.70. The standard InChI is InChI=1S/C17H21F4NO2/c1-2-16(24)13(10-22-7-5-12(23)6-8-22)11-3-4-14(15(18)9-11)17(19,20)21/h3-4,9,12-13,23H,2,5-8,10H2,1H3. The van der Waals surface area contributed by atoms with Crippen LogP contribution >= 0.6 is 0 Å². The molecule has 1 atom stereocenters. The maximum Gasteiger partial charge on any atom is 0.419 e. The Labute approximate surface area is 138 Å². The zero-order valence-electron chi connectivity index (χ0n) is 13.4. The van der Waals surface area contributed by atoms with Gasteiger partial charge in [-0.2, -0.15) is 13.2 Å². The van der Waals surface area contributed by atoms with Crippen LogP contribution < -0.4 is 0 Å². The molecule has 134 valence electrons. The lowest BCUT2D eigenvalue weighted by atomic mass is 9.91. The Balaban J connectivity index is 2.22. The minimum atomic E-state index is -4.75. The van der Waals surface area contributed by atoms with Crippen LogP contribution in [-0.2, 0) is 11.0 Å². The molecule has 1 aliphatic heterocycles. The van der Waals surface area contributed by atoms with Gasteiger partial charge in [-0.15, -0.1) is 0 Å². The number of aliphatic hydroxyl groups excluding tert-OH is 1. The van der Waals surface area contributed by atoms with E-state index in [0.29, 0.717) is 38.5 Å². The van der Waals surface area contributed by atoms with Crippen molar-refractivity contribution in [2.45, 2.75) is 44.4 Å². The lowest BCUT2D eigenvalue weighted by Gasteiger charge is -2.32. The summed E-state index contributed by atoms with van der Waals surface area (Å²) in [6.07, 6.45) is -3.70. The van der Waals surface area contributed by atoms with Crippen molar-refractivity contribution in [2.24, 2.45) is 0 Å². The Morgan fingerprint density at radius 1 is 1.33 bits per heavy atom. The van der Waals surface area contributed by atoms with Gasteiger partial charge in [0, 0.05) is 26.1 Å². The third-order valence-corrected chi connectivity index (χ3v) is 4.44. The van der Waals surface area contributed by atoms with Crippen LogP contribution in [0.5, 0.6) is 0 Å². The van der Waals surface area contributed by atoms with Crippen LogP contribution in [0, 0.1) is 5.82 Å². The highest BCUT2D eigenvalue weighted by Gasteiger charge is 2.35. The maximum absolute atomic E-state index is 13.8. The van der Waals surface area contributed by atoms with Crippen molar-refractivity contribution < 1.29 is 27.5 Å². The second-order valence-corrected chi connectivity index (χ2v) is 6.14. The third-order valence-electron chi connectivity index (χ3n) is 4.44. The van der Waals surface area contributed by atoms with Gasteiger partial charge in [-0.3, -0.25) is 4.79 Å². The molecule has 1 N–H and O–H groups in total. The monoisotopic (exact) mass is 347 g/mol. The van der Waals surface area contributed by atoms with Gasteiger partial charge in [-0.1, -0.05) is 13.0 Å². The molecule has 0 saturated carbocycles. The van der Waals surface area contributed by atoms with Crippen molar-refractivity contribution in [3.8, 4) is 0 Å². The highest BCUT2D eigenvalue weighted by molar-refractivity contribution is 5.85. The van der Waals surface area contributed by atoms with Crippen LogP contribution in [0.4, 0.5) is 17.6 Å². The molecule has 1 aromatic carbocycles. The summed E-state index contributed by atoms with van der Waals surface area (Å²) >= 11 is 0. The largest absolute Gasteiger partial charge is 0.419 e. The molecule has 2 rings (SSSR count). The van der Waals surface area contributed by atoms with Crippen molar-refractivity contribution in [2.75, 3.05) is 19.6 Å². The van der Waals surface area contributed by atoms with E-state index in [9.17, 15) is 27.5 Å². The molecule has 3 nitrogen and oxygen atoms in total. The smallest absolute Gasteiger partial charge is 0.393 e. The maximum atomic E-state index is 13.8. The lowest BCUT2D eigenvalue weighted by molar-refractivity contribution is -0.140. The summed E-state index contributed by atoms with van der Waals surface area (Å²) in [7, 11) is 0. The summed E-state index contributed by atoms with van der Waals surface area (Å²) in [4.78, 5) is 14.2. The van der Waals surface area contributed by atoms with E-state index >= 15 is 0 Å². The Morgan fingerprint density at radius 2 is 1.96 bits per heavy atom. The second-order valence-electron chi connectivity index (χ2n) is 6.14. The van der Waals surface area contributed by atoms with Crippen molar-refractivity contribution in [3.05, 3.63) is 35.1 Å². The van der Waals surface area contributed by atoms with Crippen LogP contribution in [0.1, 0.15) is 43.2 Å².